The molecule has 26 heavy (non-hydrogen) atoms. The summed E-state index contributed by atoms with van der Waals surface area (Å²) < 4.78 is 0. The van der Waals surface area contributed by atoms with Crippen molar-refractivity contribution in [1.82, 2.24) is 20.2 Å². The highest BCUT2D eigenvalue weighted by Crippen LogP contribution is 2.24. The monoisotopic (exact) mass is 354 g/mol. The predicted octanol–water partition coefficient (Wildman–Crippen LogP) is 2.62. The summed E-state index contributed by atoms with van der Waals surface area (Å²) >= 11 is 0. The highest BCUT2D eigenvalue weighted by atomic mass is 16.2. The van der Waals surface area contributed by atoms with Gasteiger partial charge in [0.05, 0.1) is 28.5 Å². The molecule has 1 aliphatic heterocycles. The zero-order valence-electron chi connectivity index (χ0n) is 15.9. The van der Waals surface area contributed by atoms with Crippen LogP contribution >= 0.6 is 0 Å². The summed E-state index contributed by atoms with van der Waals surface area (Å²) in [7, 11) is 0. The van der Waals surface area contributed by atoms with Crippen LogP contribution in [0.3, 0.4) is 0 Å². The van der Waals surface area contributed by atoms with E-state index in [1.54, 1.807) is 0 Å². The van der Waals surface area contributed by atoms with Crippen LogP contribution in [0.5, 0.6) is 0 Å². The quantitative estimate of drug-likeness (QED) is 0.916. The minimum atomic E-state index is -0.0442. The van der Waals surface area contributed by atoms with Crippen molar-refractivity contribution in [1.29, 1.82) is 0 Å². The molecule has 1 N–H and O–H groups in total. The molecular weight excluding hydrogens is 328 g/mol. The summed E-state index contributed by atoms with van der Waals surface area (Å²) in [6.45, 7) is 8.74. The molecule has 1 fully saturated rings. The fraction of sp³-hybridized carbons (Fsp3) is 0.500. The van der Waals surface area contributed by atoms with Gasteiger partial charge in [-0.15, -0.1) is 0 Å². The molecule has 2 atom stereocenters. The summed E-state index contributed by atoms with van der Waals surface area (Å²) in [6.07, 6.45) is 2.03. The number of aromatic nitrogens is 2. The van der Waals surface area contributed by atoms with Gasteiger partial charge in [0.25, 0.3) is 5.91 Å². The molecule has 0 radical (unpaired) electrons. The number of rotatable bonds is 4. The van der Waals surface area contributed by atoms with Crippen LogP contribution in [0.15, 0.2) is 18.2 Å². The molecule has 6 nitrogen and oxygen atoms in total. The number of benzene rings is 1. The number of nitrogens with one attached hydrogen (secondary N) is 1. The normalized spacial score (nSPS) is 19.8. The van der Waals surface area contributed by atoms with E-state index < -0.39 is 0 Å². The van der Waals surface area contributed by atoms with Gasteiger partial charge in [-0.25, -0.2) is 9.97 Å². The summed E-state index contributed by atoms with van der Waals surface area (Å²) in [6, 6.07) is 5.51. The molecule has 2 aromatic rings. The van der Waals surface area contributed by atoms with Crippen molar-refractivity contribution in [2.24, 2.45) is 5.92 Å². The van der Waals surface area contributed by atoms with Gasteiger partial charge in [-0.05, 0) is 44.4 Å². The van der Waals surface area contributed by atoms with Crippen LogP contribution in [-0.2, 0) is 4.79 Å². The van der Waals surface area contributed by atoms with Gasteiger partial charge in [0.1, 0.15) is 0 Å². The molecule has 1 aromatic heterocycles. The Hall–Kier alpha value is -2.50. The lowest BCUT2D eigenvalue weighted by Gasteiger charge is -2.17. The number of carbonyl (C=O) groups excluding carboxylic acids is 2. The topological polar surface area (TPSA) is 75.2 Å². The number of hydrogen-bond acceptors (Lipinski definition) is 4. The van der Waals surface area contributed by atoms with Crippen LogP contribution in [0.1, 0.15) is 48.4 Å². The predicted molar refractivity (Wildman–Crippen MR) is 101 cm³/mol. The molecular formula is C20H26N4O2. The number of fused-ring (bicyclic) bond motifs is 1. The number of carbonyl (C=O) groups is 2. The van der Waals surface area contributed by atoms with Gasteiger partial charge in [-0.3, -0.25) is 9.59 Å². The molecule has 0 saturated carbocycles. The molecule has 3 rings (SSSR count). The van der Waals surface area contributed by atoms with Crippen molar-refractivity contribution in [2.45, 2.75) is 46.6 Å². The fourth-order valence-electron chi connectivity index (χ4n) is 3.67. The van der Waals surface area contributed by atoms with Gasteiger partial charge < -0.3 is 10.2 Å². The molecule has 0 spiro atoms. The highest BCUT2D eigenvalue weighted by molar-refractivity contribution is 5.97. The van der Waals surface area contributed by atoms with Crippen LogP contribution in [0, 0.1) is 19.8 Å². The first kappa shape index (κ1) is 18.3. The van der Waals surface area contributed by atoms with Crippen LogP contribution in [0.2, 0.25) is 0 Å². The number of likely N-dealkylation sites (tertiary alicyclic amines) is 1. The van der Waals surface area contributed by atoms with E-state index in [4.69, 9.17) is 0 Å². The Balaban J connectivity index is 1.83. The molecule has 2 amide bonds. The van der Waals surface area contributed by atoms with Crippen LogP contribution in [-0.4, -0.2) is 45.8 Å². The number of nitrogens with zero attached hydrogens (tertiary/aromatic N) is 3. The largest absolute Gasteiger partial charge is 0.351 e. The molecule has 0 bridgehead atoms. The number of aryl methyl sites for hydroxylation is 2. The van der Waals surface area contributed by atoms with Crippen molar-refractivity contribution in [2.75, 3.05) is 13.1 Å². The third-order valence-electron chi connectivity index (χ3n) is 5.10. The third-order valence-corrected chi connectivity index (χ3v) is 5.10. The van der Waals surface area contributed by atoms with Gasteiger partial charge in [0, 0.05) is 25.6 Å². The maximum atomic E-state index is 13.0. The molecule has 1 aromatic carbocycles. The molecule has 2 heterocycles. The molecule has 1 saturated heterocycles. The molecule has 0 unspecified atom stereocenters. The molecule has 0 aliphatic carbocycles. The van der Waals surface area contributed by atoms with Crippen LogP contribution in [0.25, 0.3) is 11.0 Å². The lowest BCUT2D eigenvalue weighted by atomic mass is 9.98. The van der Waals surface area contributed by atoms with E-state index in [0.717, 1.165) is 35.3 Å². The van der Waals surface area contributed by atoms with Crippen molar-refractivity contribution in [3.8, 4) is 0 Å². The second kappa shape index (κ2) is 7.40. The average Bonchev–Trinajstić information content (AvgIpc) is 2.97. The lowest BCUT2D eigenvalue weighted by molar-refractivity contribution is -0.119. The summed E-state index contributed by atoms with van der Waals surface area (Å²) in [5, 5.41) is 3.00. The average molecular weight is 354 g/mol. The zero-order valence-corrected chi connectivity index (χ0v) is 15.9. The Labute approximate surface area is 154 Å². The Bertz CT molecular complexity index is 849. The fourth-order valence-corrected chi connectivity index (χ4v) is 3.67. The highest BCUT2D eigenvalue weighted by Gasteiger charge is 2.35. The SMILES string of the molecule is CCC[C@@H]1CN(C(=O)c2ccc3nc(C)c(C)nc3c2)C[C@H]1NC(C)=O. The van der Waals surface area contributed by atoms with Gasteiger partial charge in [0.2, 0.25) is 5.91 Å². The summed E-state index contributed by atoms with van der Waals surface area (Å²) in [4.78, 5) is 35.4. The minimum Gasteiger partial charge on any atom is -0.351 e. The molecule has 6 heteroatoms. The van der Waals surface area contributed by atoms with E-state index >= 15 is 0 Å². The Morgan fingerprint density at radius 3 is 2.50 bits per heavy atom. The second-order valence-corrected chi connectivity index (χ2v) is 7.16. The van der Waals surface area contributed by atoms with Gasteiger partial charge in [0.15, 0.2) is 0 Å². The Morgan fingerprint density at radius 1 is 1.15 bits per heavy atom. The van der Waals surface area contributed by atoms with E-state index in [0.29, 0.717) is 24.6 Å². The first-order chi connectivity index (χ1) is 12.4. The van der Waals surface area contributed by atoms with E-state index in [-0.39, 0.29) is 17.9 Å². The third kappa shape index (κ3) is 3.69. The van der Waals surface area contributed by atoms with E-state index in [1.807, 2.05) is 36.9 Å². The van der Waals surface area contributed by atoms with E-state index in [9.17, 15) is 9.59 Å². The standard InChI is InChI=1S/C20H26N4O2/c1-5-6-16-10-24(11-19(16)23-14(4)25)20(26)15-7-8-17-18(9-15)22-13(3)12(2)21-17/h7-9,16,19H,5-6,10-11H2,1-4H3,(H,23,25)/t16-,19-/m1/s1. The van der Waals surface area contributed by atoms with Crippen molar-refractivity contribution < 1.29 is 9.59 Å². The van der Waals surface area contributed by atoms with Crippen molar-refractivity contribution in [3.63, 3.8) is 0 Å². The maximum Gasteiger partial charge on any atom is 0.254 e. The summed E-state index contributed by atoms with van der Waals surface area (Å²) in [5.41, 5.74) is 3.93. The summed E-state index contributed by atoms with van der Waals surface area (Å²) in [5.74, 6) is 0.246. The van der Waals surface area contributed by atoms with Gasteiger partial charge in [-0.1, -0.05) is 13.3 Å². The number of amides is 2. The molecule has 1 aliphatic rings. The number of hydrogen-bond donors (Lipinski definition) is 1. The smallest absolute Gasteiger partial charge is 0.254 e. The van der Waals surface area contributed by atoms with Gasteiger partial charge in [-0.2, -0.15) is 0 Å². The zero-order chi connectivity index (χ0) is 18.8. The van der Waals surface area contributed by atoms with Crippen molar-refractivity contribution in [3.05, 3.63) is 35.2 Å². The Kier molecular flexibility index (Phi) is 5.20. The van der Waals surface area contributed by atoms with Gasteiger partial charge >= 0.3 is 0 Å². The maximum absolute atomic E-state index is 13.0. The van der Waals surface area contributed by atoms with E-state index in [1.165, 1.54) is 6.92 Å². The van der Waals surface area contributed by atoms with Crippen LogP contribution < -0.4 is 5.32 Å². The van der Waals surface area contributed by atoms with E-state index in [2.05, 4.69) is 22.2 Å². The lowest BCUT2D eigenvalue weighted by Crippen LogP contribution is -2.39. The van der Waals surface area contributed by atoms with Crippen LogP contribution in [0.4, 0.5) is 0 Å². The first-order valence-electron chi connectivity index (χ1n) is 9.20. The minimum absolute atomic E-state index is 0.0131. The Morgan fingerprint density at radius 2 is 1.85 bits per heavy atom. The van der Waals surface area contributed by atoms with Crippen molar-refractivity contribution >= 4 is 22.8 Å². The second-order valence-electron chi connectivity index (χ2n) is 7.16. The first-order valence-corrected chi connectivity index (χ1v) is 9.20. The molecule has 138 valence electrons.